The Hall–Kier alpha value is -0.410. The van der Waals surface area contributed by atoms with E-state index in [9.17, 15) is 4.79 Å². The van der Waals surface area contributed by atoms with Gasteiger partial charge in [0.2, 0.25) is 0 Å². The van der Waals surface area contributed by atoms with Gasteiger partial charge in [-0.05, 0) is 26.3 Å². The van der Waals surface area contributed by atoms with Gasteiger partial charge in [-0.25, -0.2) is 0 Å². The summed E-state index contributed by atoms with van der Waals surface area (Å²) in [6.45, 7) is 10.1. The first kappa shape index (κ1) is 13.0. The predicted octanol–water partition coefficient (Wildman–Crippen LogP) is 1.77. The molecule has 2 aliphatic rings. The molecular weight excluding hydrogens is 212 g/mol. The van der Waals surface area contributed by atoms with Crippen molar-refractivity contribution in [2.24, 2.45) is 5.41 Å². The summed E-state index contributed by atoms with van der Waals surface area (Å²) in [6, 6.07) is 0.638. The number of carbonyl (C=O) groups is 1. The summed E-state index contributed by atoms with van der Waals surface area (Å²) < 4.78 is 0. The molecular formula is C14H26N2O. The predicted molar refractivity (Wildman–Crippen MR) is 70.1 cm³/mol. The highest BCUT2D eigenvalue weighted by Gasteiger charge is 2.36. The summed E-state index contributed by atoms with van der Waals surface area (Å²) in [5, 5.41) is 0. The molecule has 0 radical (unpaired) electrons. The fraction of sp³-hybridized carbons (Fsp3) is 0.929. The van der Waals surface area contributed by atoms with E-state index in [1.807, 2.05) is 0 Å². The van der Waals surface area contributed by atoms with Gasteiger partial charge in [0.1, 0.15) is 6.29 Å². The Balaban J connectivity index is 1.89. The maximum absolute atomic E-state index is 11.4. The first-order chi connectivity index (χ1) is 8.19. The van der Waals surface area contributed by atoms with Crippen molar-refractivity contribution in [2.45, 2.75) is 45.6 Å². The van der Waals surface area contributed by atoms with Crippen LogP contribution in [-0.2, 0) is 4.79 Å². The molecule has 0 aromatic rings. The summed E-state index contributed by atoms with van der Waals surface area (Å²) in [7, 11) is 0. The van der Waals surface area contributed by atoms with Crippen LogP contribution in [0.4, 0.5) is 0 Å². The minimum absolute atomic E-state index is 0.00585. The lowest BCUT2D eigenvalue weighted by molar-refractivity contribution is -0.117. The van der Waals surface area contributed by atoms with E-state index in [4.69, 9.17) is 0 Å². The molecule has 2 fully saturated rings. The van der Waals surface area contributed by atoms with Gasteiger partial charge < -0.3 is 4.79 Å². The summed E-state index contributed by atoms with van der Waals surface area (Å²) >= 11 is 0. The number of piperazine rings is 1. The molecule has 0 bridgehead atoms. The van der Waals surface area contributed by atoms with Crippen molar-refractivity contribution in [2.75, 3.05) is 32.7 Å². The third-order valence-electron chi connectivity index (χ3n) is 4.64. The van der Waals surface area contributed by atoms with Gasteiger partial charge in [-0.15, -0.1) is 0 Å². The topological polar surface area (TPSA) is 23.6 Å². The Bertz CT molecular complexity index is 261. The van der Waals surface area contributed by atoms with Crippen LogP contribution >= 0.6 is 0 Å². The second-order valence-electron chi connectivity index (χ2n) is 5.90. The minimum atomic E-state index is -0.00585. The quantitative estimate of drug-likeness (QED) is 0.697. The van der Waals surface area contributed by atoms with Gasteiger partial charge in [-0.2, -0.15) is 0 Å². The average molecular weight is 238 g/mol. The van der Waals surface area contributed by atoms with Gasteiger partial charge in [-0.3, -0.25) is 9.80 Å². The van der Waals surface area contributed by atoms with Crippen molar-refractivity contribution in [3.8, 4) is 0 Å². The maximum atomic E-state index is 11.4. The third-order valence-corrected chi connectivity index (χ3v) is 4.64. The summed E-state index contributed by atoms with van der Waals surface area (Å²) in [5.41, 5.74) is -0.00585. The lowest BCUT2D eigenvalue weighted by Crippen LogP contribution is -2.54. The van der Waals surface area contributed by atoms with E-state index in [0.29, 0.717) is 6.04 Å². The molecule has 1 saturated carbocycles. The molecule has 1 atom stereocenters. The molecule has 1 unspecified atom stereocenters. The Morgan fingerprint density at radius 2 is 2.00 bits per heavy atom. The van der Waals surface area contributed by atoms with Crippen molar-refractivity contribution >= 4 is 6.29 Å². The number of hydrogen-bond donors (Lipinski definition) is 0. The minimum Gasteiger partial charge on any atom is -0.303 e. The summed E-state index contributed by atoms with van der Waals surface area (Å²) in [6.07, 6.45) is 5.95. The number of hydrogen-bond acceptors (Lipinski definition) is 3. The van der Waals surface area contributed by atoms with Crippen LogP contribution in [0.25, 0.3) is 0 Å². The molecule has 3 heteroatoms. The highest BCUT2D eigenvalue weighted by Crippen LogP contribution is 2.37. The van der Waals surface area contributed by atoms with Crippen LogP contribution in [-0.4, -0.2) is 54.9 Å². The molecule has 3 nitrogen and oxygen atoms in total. The number of aldehydes is 1. The largest absolute Gasteiger partial charge is 0.303 e. The monoisotopic (exact) mass is 238 g/mol. The van der Waals surface area contributed by atoms with Crippen LogP contribution in [0.1, 0.15) is 39.5 Å². The van der Waals surface area contributed by atoms with E-state index in [2.05, 4.69) is 23.6 Å². The molecule has 0 spiro atoms. The molecule has 1 aliphatic carbocycles. The zero-order valence-corrected chi connectivity index (χ0v) is 11.3. The number of nitrogens with zero attached hydrogens (tertiary/aromatic N) is 2. The normalized spacial score (nSPS) is 30.6. The molecule has 17 heavy (non-hydrogen) atoms. The van der Waals surface area contributed by atoms with Gasteiger partial charge in [0, 0.05) is 37.6 Å². The molecule has 1 heterocycles. The average Bonchev–Trinajstić information content (AvgIpc) is 2.79. The molecule has 2 rings (SSSR count). The fourth-order valence-corrected chi connectivity index (χ4v) is 3.52. The van der Waals surface area contributed by atoms with Crippen molar-refractivity contribution in [1.82, 2.24) is 9.80 Å². The molecule has 1 saturated heterocycles. The van der Waals surface area contributed by atoms with Crippen molar-refractivity contribution < 1.29 is 4.79 Å². The highest BCUT2D eigenvalue weighted by atomic mass is 16.1. The Morgan fingerprint density at radius 1 is 1.29 bits per heavy atom. The molecule has 98 valence electrons. The number of carbonyl (C=O) groups excluding carboxylic acids is 1. The van der Waals surface area contributed by atoms with Crippen molar-refractivity contribution in [1.29, 1.82) is 0 Å². The standard InChI is InChI=1S/C14H26N2O/c1-3-16-9-8-15(10-13(16)2)11-14(12-17)6-4-5-7-14/h12-13H,3-11H2,1-2H3. The number of likely N-dealkylation sites (N-methyl/N-ethyl adjacent to an activating group) is 1. The molecule has 0 aromatic carbocycles. The van der Waals surface area contributed by atoms with Crippen molar-refractivity contribution in [3.63, 3.8) is 0 Å². The fourth-order valence-electron chi connectivity index (χ4n) is 3.52. The van der Waals surface area contributed by atoms with Crippen LogP contribution in [0.2, 0.25) is 0 Å². The van der Waals surface area contributed by atoms with Crippen LogP contribution in [0.15, 0.2) is 0 Å². The zero-order chi connectivity index (χ0) is 12.3. The van der Waals surface area contributed by atoms with Gasteiger partial charge in [0.15, 0.2) is 0 Å². The van der Waals surface area contributed by atoms with Gasteiger partial charge in [0.05, 0.1) is 0 Å². The molecule has 0 aromatic heterocycles. The molecule has 0 N–H and O–H groups in total. The zero-order valence-electron chi connectivity index (χ0n) is 11.3. The third kappa shape index (κ3) is 2.89. The first-order valence-electron chi connectivity index (χ1n) is 7.12. The highest BCUT2D eigenvalue weighted by molar-refractivity contribution is 5.60. The van der Waals surface area contributed by atoms with Gasteiger partial charge >= 0.3 is 0 Å². The summed E-state index contributed by atoms with van der Waals surface area (Å²) in [4.78, 5) is 16.4. The van der Waals surface area contributed by atoms with E-state index in [1.165, 1.54) is 19.1 Å². The Kier molecular flexibility index (Phi) is 4.21. The smallest absolute Gasteiger partial charge is 0.127 e. The van der Waals surface area contributed by atoms with Crippen LogP contribution in [0.3, 0.4) is 0 Å². The van der Waals surface area contributed by atoms with Gasteiger partial charge in [0.25, 0.3) is 0 Å². The molecule has 0 amide bonds. The van der Waals surface area contributed by atoms with E-state index in [-0.39, 0.29) is 5.41 Å². The SMILES string of the molecule is CCN1CCN(CC2(C=O)CCCC2)CC1C. The number of rotatable bonds is 4. The van der Waals surface area contributed by atoms with Gasteiger partial charge in [-0.1, -0.05) is 19.8 Å². The van der Waals surface area contributed by atoms with E-state index >= 15 is 0 Å². The molecule has 1 aliphatic heterocycles. The van der Waals surface area contributed by atoms with E-state index in [1.54, 1.807) is 0 Å². The maximum Gasteiger partial charge on any atom is 0.127 e. The second-order valence-corrected chi connectivity index (χ2v) is 5.90. The lowest BCUT2D eigenvalue weighted by atomic mass is 9.87. The summed E-state index contributed by atoms with van der Waals surface area (Å²) in [5.74, 6) is 0. The van der Waals surface area contributed by atoms with E-state index < -0.39 is 0 Å². The van der Waals surface area contributed by atoms with Crippen LogP contribution in [0.5, 0.6) is 0 Å². The Labute approximate surface area is 105 Å². The Morgan fingerprint density at radius 3 is 2.53 bits per heavy atom. The van der Waals surface area contributed by atoms with E-state index in [0.717, 1.165) is 45.6 Å². The van der Waals surface area contributed by atoms with Crippen LogP contribution < -0.4 is 0 Å². The van der Waals surface area contributed by atoms with Crippen LogP contribution in [0, 0.1) is 5.41 Å². The second kappa shape index (κ2) is 5.49. The first-order valence-corrected chi connectivity index (χ1v) is 7.12. The van der Waals surface area contributed by atoms with Crippen molar-refractivity contribution in [3.05, 3.63) is 0 Å². The lowest BCUT2D eigenvalue weighted by Gasteiger charge is -2.42.